The van der Waals surface area contributed by atoms with Crippen molar-refractivity contribution < 1.29 is 75.0 Å². The third-order valence-electron chi connectivity index (χ3n) is 6.34. The molecule has 1 nitrogen and oxygen atoms in total. The molecule has 17 heteroatoms. The van der Waals surface area contributed by atoms with Gasteiger partial charge in [0.1, 0.15) is 0 Å². The maximum absolute atomic E-state index is 14.0. The van der Waals surface area contributed by atoms with Gasteiger partial charge < -0.3 is 4.74 Å². The van der Waals surface area contributed by atoms with Crippen molar-refractivity contribution in [3.8, 4) is 0 Å². The van der Waals surface area contributed by atoms with Gasteiger partial charge in [0.05, 0.1) is 13.2 Å². The van der Waals surface area contributed by atoms with Crippen molar-refractivity contribution in [2.45, 2.75) is 94.8 Å². The van der Waals surface area contributed by atoms with Gasteiger partial charge >= 0.3 is 35.8 Å². The van der Waals surface area contributed by atoms with E-state index in [-0.39, 0.29) is 13.5 Å². The Kier molecular flexibility index (Phi) is 9.54. The fraction of sp³-hybridized carbons (Fsp3) is 1.00. The van der Waals surface area contributed by atoms with Crippen LogP contribution in [0.4, 0.5) is 70.2 Å². The maximum atomic E-state index is 14.0. The Labute approximate surface area is 195 Å². The highest BCUT2D eigenvalue weighted by Crippen LogP contribution is 2.61. The van der Waals surface area contributed by atoms with E-state index in [0.29, 0.717) is 13.3 Å². The van der Waals surface area contributed by atoms with Crippen LogP contribution in [0.25, 0.3) is 0 Å². The molecule has 1 heterocycles. The van der Waals surface area contributed by atoms with Gasteiger partial charge in [-0.25, -0.2) is 13.2 Å². The lowest BCUT2D eigenvalue weighted by molar-refractivity contribution is -0.442. The lowest BCUT2D eigenvalue weighted by atomic mass is 9.72. The summed E-state index contributed by atoms with van der Waals surface area (Å²) in [6.07, 6.45) is -7.99. The van der Waals surface area contributed by atoms with E-state index < -0.39 is 71.7 Å². The molecule has 1 saturated heterocycles. The van der Waals surface area contributed by atoms with E-state index in [4.69, 9.17) is 4.74 Å². The predicted octanol–water partition coefficient (Wildman–Crippen LogP) is 8.57. The molecule has 0 spiro atoms. The lowest BCUT2D eigenvalue weighted by Crippen LogP contribution is -2.70. The molecule has 0 amide bonds. The summed E-state index contributed by atoms with van der Waals surface area (Å²) in [4.78, 5) is 0. The number of rotatable bonds is 8. The van der Waals surface area contributed by atoms with E-state index >= 15 is 0 Å². The third kappa shape index (κ3) is 5.09. The molecule has 3 atom stereocenters. The first-order chi connectivity index (χ1) is 15.5. The van der Waals surface area contributed by atoms with Gasteiger partial charge in [0.25, 0.3) is 5.92 Å². The zero-order valence-electron chi connectivity index (χ0n) is 19.4. The lowest BCUT2D eigenvalue weighted by Gasteiger charge is -2.41. The van der Waals surface area contributed by atoms with Crippen LogP contribution in [0.2, 0.25) is 0 Å². The quantitative estimate of drug-likeness (QED) is 0.265. The molecule has 0 aromatic rings. The number of alkyl halides is 16. The van der Waals surface area contributed by atoms with Gasteiger partial charge in [0, 0.05) is 18.3 Å². The van der Waals surface area contributed by atoms with Crippen LogP contribution in [0.5, 0.6) is 0 Å². The van der Waals surface area contributed by atoms with E-state index in [1.165, 1.54) is 6.92 Å². The second-order valence-corrected chi connectivity index (χ2v) is 8.82. The molecule has 0 bridgehead atoms. The second kappa shape index (κ2) is 9.86. The largest absolute Gasteiger partial charge is 0.460 e. The first-order valence-corrected chi connectivity index (χ1v) is 10.1. The number of hydrogen-bond donors (Lipinski definition) is 0. The molecule has 0 aromatic heterocycles. The monoisotopic (exact) mass is 572 g/mol. The molecule has 1 aliphatic rings. The highest BCUT2D eigenvalue weighted by molar-refractivity contribution is 5.11. The summed E-state index contributed by atoms with van der Waals surface area (Å²) in [7, 11) is 0. The summed E-state index contributed by atoms with van der Waals surface area (Å²) >= 11 is 0. The van der Waals surface area contributed by atoms with Crippen molar-refractivity contribution in [3.63, 3.8) is 0 Å². The van der Waals surface area contributed by atoms with Crippen molar-refractivity contribution in [2.24, 2.45) is 11.3 Å². The second-order valence-electron chi connectivity index (χ2n) is 8.82. The zero-order chi connectivity index (χ0) is 29.6. The van der Waals surface area contributed by atoms with Gasteiger partial charge in [0.15, 0.2) is 0 Å². The van der Waals surface area contributed by atoms with Crippen LogP contribution in [0.15, 0.2) is 0 Å². The van der Waals surface area contributed by atoms with Gasteiger partial charge in [-0.15, -0.1) is 0 Å². The molecule has 0 saturated carbocycles. The Balaban J connectivity index is 0.000000790. The normalized spacial score (nSPS) is 25.9. The van der Waals surface area contributed by atoms with E-state index in [0.717, 1.165) is 6.92 Å². The minimum absolute atomic E-state index is 0.0728. The van der Waals surface area contributed by atoms with Gasteiger partial charge in [-0.05, 0) is 12.8 Å². The molecular formula is C19H24F16O. The van der Waals surface area contributed by atoms with Gasteiger partial charge in [0.2, 0.25) is 5.67 Å². The smallest absolute Gasteiger partial charge is 0.377 e. The maximum Gasteiger partial charge on any atom is 0.460 e. The molecule has 218 valence electrons. The van der Waals surface area contributed by atoms with Gasteiger partial charge in [-0.2, -0.15) is 57.1 Å². The van der Waals surface area contributed by atoms with Crippen molar-refractivity contribution >= 4 is 0 Å². The number of halogens is 16. The molecule has 0 aliphatic carbocycles. The van der Waals surface area contributed by atoms with Crippen LogP contribution in [-0.2, 0) is 4.74 Å². The molecule has 1 rings (SSSR count). The predicted molar refractivity (Wildman–Crippen MR) is 93.9 cm³/mol. The van der Waals surface area contributed by atoms with E-state index in [1.54, 1.807) is 6.92 Å². The summed E-state index contributed by atoms with van der Waals surface area (Å²) in [5, 5.41) is 0. The van der Waals surface area contributed by atoms with Crippen molar-refractivity contribution in [1.82, 2.24) is 0 Å². The molecule has 0 aromatic carbocycles. The topological polar surface area (TPSA) is 9.23 Å². The van der Waals surface area contributed by atoms with Crippen molar-refractivity contribution in [2.75, 3.05) is 13.2 Å². The van der Waals surface area contributed by atoms with E-state index in [1.807, 2.05) is 0 Å². The Morgan fingerprint density at radius 2 is 1.08 bits per heavy atom. The Morgan fingerprint density at radius 1 is 0.694 bits per heavy atom. The van der Waals surface area contributed by atoms with Crippen molar-refractivity contribution in [1.29, 1.82) is 0 Å². The third-order valence-corrected chi connectivity index (χ3v) is 6.34. The molecule has 0 N–H and O–H groups in total. The summed E-state index contributed by atoms with van der Waals surface area (Å²) in [6.45, 7) is 4.38. The molecule has 1 aliphatic heterocycles. The van der Waals surface area contributed by atoms with Crippen LogP contribution in [0, 0.1) is 11.3 Å². The summed E-state index contributed by atoms with van der Waals surface area (Å²) in [6, 6.07) is 0. The van der Waals surface area contributed by atoms with Crippen molar-refractivity contribution in [3.05, 3.63) is 0 Å². The van der Waals surface area contributed by atoms with Gasteiger partial charge in [-0.3, -0.25) is 0 Å². The van der Waals surface area contributed by atoms with Crippen LogP contribution < -0.4 is 0 Å². The summed E-state index contributed by atoms with van der Waals surface area (Å²) in [5.41, 5.74) is -3.58. The highest BCUT2D eigenvalue weighted by atomic mass is 19.4. The minimum Gasteiger partial charge on any atom is -0.377 e. The molecule has 0 radical (unpaired) electrons. The SMILES string of the molecule is CCC(C)C(F)(F)C(F)(F)C(F)(F)C(F)(F)C(F)(F)C(F)(F)F.CCC1(C)COCC1(F)C(C)(F)F. The average molecular weight is 572 g/mol. The fourth-order valence-electron chi connectivity index (χ4n) is 3.09. The van der Waals surface area contributed by atoms with Crippen LogP contribution >= 0.6 is 0 Å². The first-order valence-electron chi connectivity index (χ1n) is 10.1. The van der Waals surface area contributed by atoms with E-state index in [9.17, 15) is 70.2 Å². The standard InChI is InChI=1S/C10H9F13.C9H15F3O/c1-3-4(2)5(11,12)6(13,14)7(15,16)8(17,18)9(19,20)10(21,22)23;1-4-7(2)5-13-6-9(7,12)8(3,10)11/h4H,3H2,1-2H3;4-6H2,1-3H3. The Bertz CT molecular complexity index is 741. The van der Waals surface area contributed by atoms with Crippen LogP contribution in [0.3, 0.4) is 0 Å². The highest BCUT2D eigenvalue weighted by Gasteiger charge is 2.91. The zero-order valence-corrected chi connectivity index (χ0v) is 19.4. The number of hydrogen-bond acceptors (Lipinski definition) is 1. The molecular weight excluding hydrogens is 548 g/mol. The van der Waals surface area contributed by atoms with E-state index in [2.05, 4.69) is 0 Å². The van der Waals surface area contributed by atoms with Gasteiger partial charge in [-0.1, -0.05) is 27.7 Å². The first kappa shape index (κ1) is 34.8. The summed E-state index contributed by atoms with van der Waals surface area (Å²) in [5.74, 6) is -42.4. The average Bonchev–Trinajstić information content (AvgIpc) is 3.02. The molecule has 3 unspecified atom stereocenters. The molecule has 1 fully saturated rings. The Hall–Kier alpha value is -1.16. The molecule has 36 heavy (non-hydrogen) atoms. The fourth-order valence-corrected chi connectivity index (χ4v) is 3.09. The minimum atomic E-state index is -7.82. The van der Waals surface area contributed by atoms with Crippen LogP contribution in [-0.4, -0.2) is 60.6 Å². The summed E-state index contributed by atoms with van der Waals surface area (Å²) < 4.78 is 210. The number of ether oxygens (including phenoxy) is 1. The Morgan fingerprint density at radius 3 is 1.36 bits per heavy atom. The van der Waals surface area contributed by atoms with Crippen LogP contribution in [0.1, 0.15) is 47.5 Å².